The van der Waals surface area contributed by atoms with E-state index in [9.17, 15) is 16.8 Å². The number of para-hydroxylation sites is 2. The molecule has 0 atom stereocenters. The van der Waals surface area contributed by atoms with Gasteiger partial charge in [-0.1, -0.05) is 24.3 Å². The van der Waals surface area contributed by atoms with E-state index in [-0.39, 0.29) is 15.5 Å². The number of ether oxygens (including phenoxy) is 1. The Balaban J connectivity index is 1.87. The number of hydrogen-bond donors (Lipinski definition) is 1. The Morgan fingerprint density at radius 2 is 1.43 bits per heavy atom. The van der Waals surface area contributed by atoms with Gasteiger partial charge >= 0.3 is 0 Å². The van der Waals surface area contributed by atoms with Gasteiger partial charge in [0.2, 0.25) is 10.0 Å². The van der Waals surface area contributed by atoms with Crippen LogP contribution in [-0.2, 0) is 20.0 Å². The average molecular weight is 447 g/mol. The van der Waals surface area contributed by atoms with Crippen LogP contribution in [0.1, 0.15) is 5.56 Å². The number of rotatable bonds is 7. The molecule has 0 aromatic heterocycles. The summed E-state index contributed by atoms with van der Waals surface area (Å²) < 4.78 is 59.4. The van der Waals surface area contributed by atoms with Crippen LogP contribution in [0, 0.1) is 6.92 Å². The summed E-state index contributed by atoms with van der Waals surface area (Å²) in [7, 11) is -4.78. The van der Waals surface area contributed by atoms with Crippen molar-refractivity contribution in [2.24, 2.45) is 0 Å². The minimum Gasteiger partial charge on any atom is -0.455 e. The third-order valence-corrected chi connectivity index (χ3v) is 7.47. The maximum absolute atomic E-state index is 12.8. The molecule has 3 aromatic rings. The lowest BCUT2D eigenvalue weighted by Gasteiger charge is -2.14. The van der Waals surface area contributed by atoms with Crippen molar-refractivity contribution in [3.05, 3.63) is 78.4 Å². The Kier molecular flexibility index (Phi) is 6.16. The summed E-state index contributed by atoms with van der Waals surface area (Å²) in [5.41, 5.74) is 1.28. The minimum absolute atomic E-state index is 0.00892. The maximum atomic E-state index is 12.8. The number of nitrogens with zero attached hydrogens (tertiary/aromatic N) is 1. The number of benzene rings is 3. The van der Waals surface area contributed by atoms with Gasteiger partial charge in [-0.2, -0.15) is 0 Å². The zero-order valence-electron chi connectivity index (χ0n) is 16.7. The van der Waals surface area contributed by atoms with Gasteiger partial charge in [-0.15, -0.1) is 0 Å². The van der Waals surface area contributed by atoms with E-state index in [0.717, 1.165) is 9.87 Å². The molecule has 3 aromatic carbocycles. The van der Waals surface area contributed by atoms with Crippen LogP contribution >= 0.6 is 0 Å². The molecule has 0 bridgehead atoms. The molecule has 0 fully saturated rings. The normalized spacial score (nSPS) is 12.0. The predicted molar refractivity (Wildman–Crippen MR) is 116 cm³/mol. The molecule has 0 radical (unpaired) electrons. The molecule has 0 saturated carbocycles. The van der Waals surface area contributed by atoms with E-state index in [0.29, 0.717) is 11.5 Å². The lowest BCUT2D eigenvalue weighted by atomic mass is 10.2. The number of nitrogens with one attached hydrogen (secondary N) is 1. The Hall–Kier alpha value is -2.88. The maximum Gasteiger partial charge on any atom is 0.262 e. The van der Waals surface area contributed by atoms with E-state index in [1.165, 1.54) is 38.4 Å². The van der Waals surface area contributed by atoms with Crippen molar-refractivity contribution < 1.29 is 21.6 Å². The van der Waals surface area contributed by atoms with E-state index in [1.54, 1.807) is 30.3 Å². The molecule has 0 saturated heterocycles. The molecule has 7 nitrogen and oxygen atoms in total. The zero-order valence-corrected chi connectivity index (χ0v) is 18.4. The fraction of sp³-hybridized carbons (Fsp3) is 0.143. The summed E-state index contributed by atoms with van der Waals surface area (Å²) in [6, 6.07) is 19.1. The molecule has 0 unspecified atom stereocenters. The van der Waals surface area contributed by atoms with E-state index in [1.807, 2.05) is 25.1 Å². The highest BCUT2D eigenvalue weighted by Crippen LogP contribution is 2.31. The van der Waals surface area contributed by atoms with Gasteiger partial charge in [-0.05, 0) is 61.0 Å². The van der Waals surface area contributed by atoms with Gasteiger partial charge < -0.3 is 4.74 Å². The van der Waals surface area contributed by atoms with Gasteiger partial charge in [-0.25, -0.2) is 21.1 Å². The topological polar surface area (TPSA) is 92.8 Å². The SMILES string of the molecule is Cc1cccc(Oc2ccccc2NS(=O)(=O)c2ccc(S(=O)(=O)N(C)C)cc2)c1. The molecule has 0 amide bonds. The first-order valence-electron chi connectivity index (χ1n) is 8.98. The first-order valence-corrected chi connectivity index (χ1v) is 11.9. The van der Waals surface area contributed by atoms with Gasteiger partial charge in [0.1, 0.15) is 5.75 Å². The third kappa shape index (κ3) is 4.81. The quantitative estimate of drug-likeness (QED) is 0.595. The lowest BCUT2D eigenvalue weighted by molar-refractivity contribution is 0.484. The van der Waals surface area contributed by atoms with Crippen molar-refractivity contribution in [2.45, 2.75) is 16.7 Å². The van der Waals surface area contributed by atoms with Gasteiger partial charge in [0.15, 0.2) is 5.75 Å². The second kappa shape index (κ2) is 8.47. The predicted octanol–water partition coefficient (Wildman–Crippen LogP) is 3.84. The van der Waals surface area contributed by atoms with E-state index < -0.39 is 20.0 Å². The van der Waals surface area contributed by atoms with Crippen LogP contribution in [-0.4, -0.2) is 35.2 Å². The van der Waals surface area contributed by atoms with E-state index >= 15 is 0 Å². The number of sulfonamides is 2. The Morgan fingerprint density at radius 3 is 2.07 bits per heavy atom. The molecule has 9 heteroatoms. The molecule has 30 heavy (non-hydrogen) atoms. The highest BCUT2D eigenvalue weighted by atomic mass is 32.2. The largest absolute Gasteiger partial charge is 0.455 e. The van der Waals surface area contributed by atoms with Crippen molar-refractivity contribution in [3.63, 3.8) is 0 Å². The van der Waals surface area contributed by atoms with Crippen LogP contribution in [0.25, 0.3) is 0 Å². The molecule has 158 valence electrons. The molecule has 1 N–H and O–H groups in total. The van der Waals surface area contributed by atoms with Gasteiger partial charge in [0, 0.05) is 14.1 Å². The number of hydrogen-bond acceptors (Lipinski definition) is 5. The number of aryl methyl sites for hydroxylation is 1. The van der Waals surface area contributed by atoms with E-state index in [2.05, 4.69) is 4.72 Å². The smallest absolute Gasteiger partial charge is 0.262 e. The van der Waals surface area contributed by atoms with Crippen LogP contribution in [0.4, 0.5) is 5.69 Å². The molecule has 0 aliphatic heterocycles. The summed E-state index contributed by atoms with van der Waals surface area (Å²) in [5, 5.41) is 0. The lowest BCUT2D eigenvalue weighted by Crippen LogP contribution is -2.22. The van der Waals surface area contributed by atoms with Gasteiger partial charge in [0.25, 0.3) is 10.0 Å². The molecule has 0 heterocycles. The summed E-state index contributed by atoms with van der Waals surface area (Å²) in [5.74, 6) is 0.929. The van der Waals surface area contributed by atoms with Crippen molar-refractivity contribution in [1.82, 2.24) is 4.31 Å². The molecular formula is C21H22N2O5S2. The van der Waals surface area contributed by atoms with Crippen LogP contribution < -0.4 is 9.46 Å². The standard InChI is InChI=1S/C21H22N2O5S2/c1-16-7-6-8-17(15-16)28-21-10-5-4-9-20(21)22-29(24,25)18-11-13-19(14-12-18)30(26,27)23(2)3/h4-15,22H,1-3H3. The van der Waals surface area contributed by atoms with Crippen molar-refractivity contribution in [1.29, 1.82) is 0 Å². The first kappa shape index (κ1) is 21.8. The zero-order chi connectivity index (χ0) is 21.9. The summed E-state index contributed by atoms with van der Waals surface area (Å²) >= 11 is 0. The Labute approximate surface area is 177 Å². The van der Waals surface area contributed by atoms with Gasteiger partial charge in [-0.3, -0.25) is 4.72 Å². The molecule has 0 aliphatic carbocycles. The average Bonchev–Trinajstić information content (AvgIpc) is 2.69. The summed E-state index contributed by atoms with van der Waals surface area (Å²) in [6.45, 7) is 1.93. The summed E-state index contributed by atoms with van der Waals surface area (Å²) in [4.78, 5) is -0.0554. The van der Waals surface area contributed by atoms with Crippen LogP contribution in [0.2, 0.25) is 0 Å². The van der Waals surface area contributed by atoms with Crippen LogP contribution in [0.15, 0.2) is 82.6 Å². The van der Waals surface area contributed by atoms with Crippen molar-refractivity contribution in [2.75, 3.05) is 18.8 Å². The van der Waals surface area contributed by atoms with Crippen LogP contribution in [0.3, 0.4) is 0 Å². The Morgan fingerprint density at radius 1 is 0.800 bits per heavy atom. The van der Waals surface area contributed by atoms with Crippen molar-refractivity contribution >= 4 is 25.7 Å². The highest BCUT2D eigenvalue weighted by Gasteiger charge is 2.20. The third-order valence-electron chi connectivity index (χ3n) is 4.26. The van der Waals surface area contributed by atoms with Crippen LogP contribution in [0.5, 0.6) is 11.5 Å². The monoisotopic (exact) mass is 446 g/mol. The fourth-order valence-corrected chi connectivity index (χ4v) is 4.62. The second-order valence-corrected chi connectivity index (χ2v) is 10.6. The van der Waals surface area contributed by atoms with E-state index in [4.69, 9.17) is 4.74 Å². The molecular weight excluding hydrogens is 424 g/mol. The minimum atomic E-state index is -3.96. The molecule has 0 aliphatic rings. The first-order chi connectivity index (χ1) is 14.1. The summed E-state index contributed by atoms with van der Waals surface area (Å²) in [6.07, 6.45) is 0. The second-order valence-electron chi connectivity index (χ2n) is 6.78. The Bertz CT molecular complexity index is 1250. The molecule has 0 spiro atoms. The fourth-order valence-electron chi connectivity index (χ4n) is 2.65. The molecule has 3 rings (SSSR count). The van der Waals surface area contributed by atoms with Crippen molar-refractivity contribution in [3.8, 4) is 11.5 Å². The highest BCUT2D eigenvalue weighted by molar-refractivity contribution is 7.92. The van der Waals surface area contributed by atoms with Gasteiger partial charge in [0.05, 0.1) is 15.5 Å². The number of anilines is 1.